The third-order valence-electron chi connectivity index (χ3n) is 8.53. The summed E-state index contributed by atoms with van der Waals surface area (Å²) in [5.41, 5.74) is 3.35. The monoisotopic (exact) mass is 626 g/mol. The number of benzene rings is 2. The van der Waals surface area contributed by atoms with E-state index in [1.54, 1.807) is 23.3 Å². The van der Waals surface area contributed by atoms with Crippen molar-refractivity contribution in [3.05, 3.63) is 90.5 Å². The van der Waals surface area contributed by atoms with Crippen LogP contribution in [0.15, 0.2) is 79.4 Å². The van der Waals surface area contributed by atoms with Crippen molar-refractivity contribution in [1.82, 2.24) is 39.4 Å². The van der Waals surface area contributed by atoms with Gasteiger partial charge in [0, 0.05) is 38.6 Å². The summed E-state index contributed by atoms with van der Waals surface area (Å²) in [7, 11) is 0. The normalized spacial score (nSPS) is 22.1. The fourth-order valence-corrected chi connectivity index (χ4v) is 6.06. The summed E-state index contributed by atoms with van der Waals surface area (Å²) in [6.45, 7) is 5.42. The van der Waals surface area contributed by atoms with Crippen LogP contribution in [0.3, 0.4) is 0 Å². The maximum absolute atomic E-state index is 11.1. The first-order chi connectivity index (χ1) is 22.6. The minimum Gasteiger partial charge on any atom is -0.387 e. The highest BCUT2D eigenvalue weighted by Crippen LogP contribution is 2.34. The Bertz CT molecular complexity index is 1640. The number of anilines is 2. The van der Waals surface area contributed by atoms with Crippen LogP contribution >= 0.6 is 0 Å². The summed E-state index contributed by atoms with van der Waals surface area (Å²) in [4.78, 5) is 18.1. The molecule has 7 rings (SSSR count). The van der Waals surface area contributed by atoms with E-state index in [0.29, 0.717) is 36.0 Å². The molecule has 2 saturated heterocycles. The minimum absolute atomic E-state index is 0.0547. The van der Waals surface area contributed by atoms with E-state index in [1.165, 1.54) is 15.9 Å². The van der Waals surface area contributed by atoms with E-state index < -0.39 is 24.5 Å². The second kappa shape index (κ2) is 13.9. The number of hydrogen-bond acceptors (Lipinski definition) is 12. The molecule has 2 aliphatic heterocycles. The molecule has 46 heavy (non-hydrogen) atoms. The molecule has 4 N–H and O–H groups in total. The standard InChI is InChI=1S/C32H38N10O4/c43-27-25(20-42-36-11-12-37-42)46-31(28(27)44)41-21-35-26-29(38-32(39-30(26)41)33-13-14-40-15-17-45-18-16-40)34-19-24(22-7-3-1-4-8-22)23-9-5-2-6-10-23/h1-12,21,24-25,27-28,31,43-44H,13-20H2,(H2,33,34,38,39)/t25-,27-,28-,31-/m1/s1. The van der Waals surface area contributed by atoms with E-state index in [2.05, 4.69) is 55.0 Å². The van der Waals surface area contributed by atoms with E-state index in [0.717, 1.165) is 32.8 Å². The maximum Gasteiger partial charge on any atom is 0.226 e. The molecule has 240 valence electrons. The number of nitrogens with one attached hydrogen (secondary N) is 2. The van der Waals surface area contributed by atoms with E-state index in [-0.39, 0.29) is 12.5 Å². The molecule has 14 nitrogen and oxygen atoms in total. The van der Waals surface area contributed by atoms with Crippen molar-refractivity contribution in [1.29, 1.82) is 0 Å². The van der Waals surface area contributed by atoms with Gasteiger partial charge in [0.15, 0.2) is 23.2 Å². The molecule has 0 radical (unpaired) electrons. The smallest absolute Gasteiger partial charge is 0.226 e. The summed E-state index contributed by atoms with van der Waals surface area (Å²) in [5.74, 6) is 1.03. The number of aliphatic hydroxyl groups is 2. The molecule has 0 unspecified atom stereocenters. The van der Waals surface area contributed by atoms with E-state index >= 15 is 0 Å². The number of rotatable bonds is 12. The highest BCUT2D eigenvalue weighted by atomic mass is 16.6. The molecular weight excluding hydrogens is 588 g/mol. The molecule has 2 fully saturated rings. The average molecular weight is 627 g/mol. The topological polar surface area (TPSA) is 161 Å². The van der Waals surface area contributed by atoms with Crippen molar-refractivity contribution < 1.29 is 19.7 Å². The molecule has 3 aromatic heterocycles. The Labute approximate surface area is 266 Å². The lowest BCUT2D eigenvalue weighted by atomic mass is 9.91. The zero-order valence-electron chi connectivity index (χ0n) is 25.3. The SMILES string of the molecule is O[C@@H]1[C@H](O)[C@@H](Cn2nccn2)O[C@H]1n1cnc2c(NCC(c3ccccc3)c3ccccc3)nc(NCCN3CCOCC3)nc21. The van der Waals surface area contributed by atoms with Crippen LogP contribution in [0.2, 0.25) is 0 Å². The van der Waals surface area contributed by atoms with Gasteiger partial charge < -0.3 is 30.3 Å². The number of hydrogen-bond donors (Lipinski definition) is 4. The number of aromatic nitrogens is 7. The van der Waals surface area contributed by atoms with Gasteiger partial charge in [0.05, 0.1) is 38.5 Å². The Morgan fingerprint density at radius 3 is 2.26 bits per heavy atom. The van der Waals surface area contributed by atoms with Crippen LogP contribution in [0.4, 0.5) is 11.8 Å². The Hall–Kier alpha value is -4.47. The summed E-state index contributed by atoms with van der Waals surface area (Å²) in [6.07, 6.45) is 0.650. The molecule has 5 aromatic rings. The van der Waals surface area contributed by atoms with Gasteiger partial charge in [-0.05, 0) is 11.1 Å². The van der Waals surface area contributed by atoms with Crippen molar-refractivity contribution in [3.8, 4) is 0 Å². The third-order valence-corrected chi connectivity index (χ3v) is 8.53. The van der Waals surface area contributed by atoms with Gasteiger partial charge in [-0.25, -0.2) is 4.98 Å². The van der Waals surface area contributed by atoms with Crippen LogP contribution in [-0.4, -0.2) is 114 Å². The van der Waals surface area contributed by atoms with Crippen molar-refractivity contribution in [2.75, 3.05) is 56.6 Å². The minimum atomic E-state index is -1.22. The molecule has 14 heteroatoms. The number of fused-ring (bicyclic) bond motifs is 1. The lowest BCUT2D eigenvalue weighted by molar-refractivity contribution is -0.0413. The van der Waals surface area contributed by atoms with E-state index in [1.807, 2.05) is 36.4 Å². The van der Waals surface area contributed by atoms with Crippen molar-refractivity contribution >= 4 is 22.9 Å². The predicted molar refractivity (Wildman–Crippen MR) is 170 cm³/mol. The van der Waals surface area contributed by atoms with Crippen molar-refractivity contribution in [3.63, 3.8) is 0 Å². The van der Waals surface area contributed by atoms with Gasteiger partial charge in [0.25, 0.3) is 0 Å². The summed E-state index contributed by atoms with van der Waals surface area (Å²) < 4.78 is 13.3. The van der Waals surface area contributed by atoms with Gasteiger partial charge in [-0.3, -0.25) is 9.47 Å². The van der Waals surface area contributed by atoms with Crippen LogP contribution < -0.4 is 10.6 Å². The second-order valence-corrected chi connectivity index (χ2v) is 11.5. The van der Waals surface area contributed by atoms with Gasteiger partial charge in [-0.1, -0.05) is 60.7 Å². The molecule has 2 aliphatic rings. The molecule has 0 spiro atoms. The first-order valence-electron chi connectivity index (χ1n) is 15.6. The number of nitrogens with zero attached hydrogens (tertiary/aromatic N) is 8. The van der Waals surface area contributed by atoms with Gasteiger partial charge in [0.2, 0.25) is 5.95 Å². The average Bonchev–Trinajstić information content (AvgIpc) is 3.83. The summed E-state index contributed by atoms with van der Waals surface area (Å²) in [6, 6.07) is 20.7. The number of aliphatic hydroxyl groups excluding tert-OH is 2. The van der Waals surface area contributed by atoms with Gasteiger partial charge in [-0.15, -0.1) is 0 Å². The van der Waals surface area contributed by atoms with E-state index in [4.69, 9.17) is 19.4 Å². The molecule has 5 heterocycles. The highest BCUT2D eigenvalue weighted by Gasteiger charge is 2.45. The largest absolute Gasteiger partial charge is 0.387 e. The lowest BCUT2D eigenvalue weighted by Gasteiger charge is -2.26. The van der Waals surface area contributed by atoms with Gasteiger partial charge in [-0.2, -0.15) is 25.0 Å². The van der Waals surface area contributed by atoms with Crippen LogP contribution in [-0.2, 0) is 16.0 Å². The zero-order valence-corrected chi connectivity index (χ0v) is 25.3. The molecule has 0 aliphatic carbocycles. The Kier molecular flexibility index (Phi) is 9.12. The fraction of sp³-hybridized carbons (Fsp3) is 0.406. The lowest BCUT2D eigenvalue weighted by Crippen LogP contribution is -2.39. The Morgan fingerprint density at radius 1 is 0.870 bits per heavy atom. The second-order valence-electron chi connectivity index (χ2n) is 11.5. The van der Waals surface area contributed by atoms with Gasteiger partial charge >= 0.3 is 0 Å². The number of ether oxygens (including phenoxy) is 2. The Morgan fingerprint density at radius 2 is 1.57 bits per heavy atom. The quantitative estimate of drug-likeness (QED) is 0.159. The van der Waals surface area contributed by atoms with Crippen molar-refractivity contribution in [2.24, 2.45) is 0 Å². The third kappa shape index (κ3) is 6.57. The van der Waals surface area contributed by atoms with Crippen molar-refractivity contribution in [2.45, 2.75) is 37.0 Å². The van der Waals surface area contributed by atoms with Gasteiger partial charge in [0.1, 0.15) is 18.3 Å². The highest BCUT2D eigenvalue weighted by molar-refractivity contribution is 5.84. The van der Waals surface area contributed by atoms with Crippen LogP contribution in [0, 0.1) is 0 Å². The van der Waals surface area contributed by atoms with Crippen LogP contribution in [0.5, 0.6) is 0 Å². The first-order valence-corrected chi connectivity index (χ1v) is 15.6. The molecule has 0 amide bonds. The maximum atomic E-state index is 11.1. The molecule has 0 saturated carbocycles. The fourth-order valence-electron chi connectivity index (χ4n) is 6.06. The number of morpholine rings is 1. The molecule has 4 atom stereocenters. The summed E-state index contributed by atoms with van der Waals surface area (Å²) >= 11 is 0. The van der Waals surface area contributed by atoms with E-state index in [9.17, 15) is 10.2 Å². The Balaban J connectivity index is 1.18. The number of imidazole rings is 1. The van der Waals surface area contributed by atoms with Crippen LogP contribution in [0.25, 0.3) is 11.2 Å². The molecular formula is C32H38N10O4. The molecule has 2 aromatic carbocycles. The summed E-state index contributed by atoms with van der Waals surface area (Å²) in [5, 5.41) is 37.1. The first kappa shape index (κ1) is 30.2. The van der Waals surface area contributed by atoms with Crippen LogP contribution in [0.1, 0.15) is 23.3 Å². The molecule has 0 bridgehead atoms. The zero-order chi connectivity index (χ0) is 31.3. The predicted octanol–water partition coefficient (Wildman–Crippen LogP) is 1.73.